The lowest BCUT2D eigenvalue weighted by Gasteiger charge is -2.34. The molecular weight excluding hydrogens is 398 g/mol. The molecule has 1 fully saturated rings. The number of rotatable bonds is 4. The number of nitrogens with zero attached hydrogens (tertiary/aromatic N) is 3. The first-order valence-electron chi connectivity index (χ1n) is 9.93. The van der Waals surface area contributed by atoms with Crippen LogP contribution >= 0.6 is 11.3 Å². The molecule has 1 aromatic carbocycles. The SMILES string of the molecule is O=C(Cn1c(-c2cccs2)cc2ccccc21)N1CCN(C(=O)c2ccco2)CC1. The highest BCUT2D eigenvalue weighted by molar-refractivity contribution is 7.13. The van der Waals surface area contributed by atoms with Crippen molar-refractivity contribution in [3.8, 4) is 10.6 Å². The molecule has 0 N–H and O–H groups in total. The molecule has 3 aromatic heterocycles. The lowest BCUT2D eigenvalue weighted by atomic mass is 10.2. The van der Waals surface area contributed by atoms with Gasteiger partial charge in [-0.1, -0.05) is 24.3 Å². The maximum Gasteiger partial charge on any atom is 0.289 e. The predicted octanol–water partition coefficient (Wildman–Crippen LogP) is 3.95. The van der Waals surface area contributed by atoms with E-state index >= 15 is 0 Å². The van der Waals surface area contributed by atoms with Gasteiger partial charge in [0.25, 0.3) is 5.91 Å². The molecule has 0 aliphatic carbocycles. The number of carbonyl (C=O) groups is 2. The van der Waals surface area contributed by atoms with Crippen LogP contribution in [0.25, 0.3) is 21.5 Å². The Hall–Kier alpha value is -3.32. The van der Waals surface area contributed by atoms with Crippen molar-refractivity contribution in [3.05, 3.63) is 72.0 Å². The minimum absolute atomic E-state index is 0.0688. The molecule has 0 unspecified atom stereocenters. The van der Waals surface area contributed by atoms with Crippen LogP contribution < -0.4 is 0 Å². The second kappa shape index (κ2) is 7.84. The Morgan fingerprint density at radius 2 is 1.73 bits per heavy atom. The first kappa shape index (κ1) is 18.7. The molecule has 0 saturated carbocycles. The highest BCUT2D eigenvalue weighted by Gasteiger charge is 2.26. The number of fused-ring (bicyclic) bond motifs is 1. The van der Waals surface area contributed by atoms with Gasteiger partial charge in [0, 0.05) is 37.1 Å². The van der Waals surface area contributed by atoms with Crippen LogP contribution in [0.3, 0.4) is 0 Å². The molecule has 1 aliphatic heterocycles. The van der Waals surface area contributed by atoms with Crippen LogP contribution in [0.2, 0.25) is 0 Å². The molecule has 0 radical (unpaired) electrons. The molecule has 1 aliphatic rings. The molecule has 0 spiro atoms. The Morgan fingerprint density at radius 3 is 2.47 bits per heavy atom. The van der Waals surface area contributed by atoms with Gasteiger partial charge < -0.3 is 18.8 Å². The number of para-hydroxylation sites is 1. The van der Waals surface area contributed by atoms with Gasteiger partial charge in [-0.05, 0) is 35.7 Å². The minimum Gasteiger partial charge on any atom is -0.459 e. The van der Waals surface area contributed by atoms with E-state index in [0.29, 0.717) is 31.9 Å². The molecule has 6 nitrogen and oxygen atoms in total. The van der Waals surface area contributed by atoms with Crippen LogP contribution in [0.15, 0.2) is 70.7 Å². The summed E-state index contributed by atoms with van der Waals surface area (Å²) < 4.78 is 7.31. The molecule has 7 heteroatoms. The lowest BCUT2D eigenvalue weighted by molar-refractivity contribution is -0.133. The number of piperazine rings is 1. The molecule has 30 heavy (non-hydrogen) atoms. The van der Waals surface area contributed by atoms with Gasteiger partial charge in [-0.25, -0.2) is 0 Å². The minimum atomic E-state index is -0.122. The zero-order valence-electron chi connectivity index (χ0n) is 16.4. The number of furan rings is 1. The molecule has 2 amide bonds. The third-order valence-electron chi connectivity index (χ3n) is 5.53. The largest absolute Gasteiger partial charge is 0.459 e. The molecule has 0 atom stereocenters. The molecule has 5 rings (SSSR count). The van der Waals surface area contributed by atoms with E-state index in [1.165, 1.54) is 6.26 Å². The smallest absolute Gasteiger partial charge is 0.289 e. The van der Waals surface area contributed by atoms with Crippen molar-refractivity contribution in [2.45, 2.75) is 6.54 Å². The zero-order valence-corrected chi connectivity index (χ0v) is 17.2. The number of aromatic nitrogens is 1. The van der Waals surface area contributed by atoms with Gasteiger partial charge in [-0.15, -0.1) is 11.3 Å². The van der Waals surface area contributed by atoms with E-state index in [0.717, 1.165) is 21.5 Å². The van der Waals surface area contributed by atoms with Crippen LogP contribution in [-0.4, -0.2) is 52.4 Å². The molecule has 4 aromatic rings. The van der Waals surface area contributed by atoms with Crippen molar-refractivity contribution in [2.75, 3.05) is 26.2 Å². The third kappa shape index (κ3) is 3.41. The van der Waals surface area contributed by atoms with Gasteiger partial charge >= 0.3 is 0 Å². The van der Waals surface area contributed by atoms with Crippen LogP contribution in [-0.2, 0) is 11.3 Å². The first-order valence-corrected chi connectivity index (χ1v) is 10.8. The highest BCUT2D eigenvalue weighted by Crippen LogP contribution is 2.31. The van der Waals surface area contributed by atoms with E-state index in [2.05, 4.69) is 34.2 Å². The normalized spacial score (nSPS) is 14.4. The number of thiophene rings is 1. The van der Waals surface area contributed by atoms with Gasteiger partial charge in [0.1, 0.15) is 6.54 Å². The molecule has 0 bridgehead atoms. The number of carbonyl (C=O) groups excluding carboxylic acids is 2. The number of hydrogen-bond donors (Lipinski definition) is 0. The van der Waals surface area contributed by atoms with E-state index in [-0.39, 0.29) is 18.4 Å². The van der Waals surface area contributed by atoms with Gasteiger partial charge in [-0.3, -0.25) is 9.59 Å². The van der Waals surface area contributed by atoms with Gasteiger partial charge in [0.2, 0.25) is 5.91 Å². The topological polar surface area (TPSA) is 58.7 Å². The summed E-state index contributed by atoms with van der Waals surface area (Å²) in [6.07, 6.45) is 1.50. The lowest BCUT2D eigenvalue weighted by Crippen LogP contribution is -2.51. The van der Waals surface area contributed by atoms with Crippen molar-refractivity contribution in [3.63, 3.8) is 0 Å². The van der Waals surface area contributed by atoms with Crippen molar-refractivity contribution >= 4 is 34.1 Å². The second-order valence-corrected chi connectivity index (χ2v) is 8.25. The first-order chi connectivity index (χ1) is 14.7. The summed E-state index contributed by atoms with van der Waals surface area (Å²) in [6, 6.07) is 17.8. The summed E-state index contributed by atoms with van der Waals surface area (Å²) in [7, 11) is 0. The van der Waals surface area contributed by atoms with E-state index < -0.39 is 0 Å². The van der Waals surface area contributed by atoms with Crippen molar-refractivity contribution < 1.29 is 14.0 Å². The summed E-state index contributed by atoms with van der Waals surface area (Å²) in [5, 5.41) is 3.18. The summed E-state index contributed by atoms with van der Waals surface area (Å²) in [6.45, 7) is 2.36. The van der Waals surface area contributed by atoms with Gasteiger partial charge in [-0.2, -0.15) is 0 Å². The van der Waals surface area contributed by atoms with Crippen molar-refractivity contribution in [2.24, 2.45) is 0 Å². The Labute approximate surface area is 177 Å². The quantitative estimate of drug-likeness (QED) is 0.503. The van der Waals surface area contributed by atoms with Crippen molar-refractivity contribution in [1.29, 1.82) is 0 Å². The summed E-state index contributed by atoms with van der Waals surface area (Å²) in [4.78, 5) is 30.3. The van der Waals surface area contributed by atoms with E-state index in [1.807, 2.05) is 23.1 Å². The Morgan fingerprint density at radius 1 is 0.933 bits per heavy atom. The highest BCUT2D eigenvalue weighted by atomic mass is 32.1. The maximum atomic E-state index is 13.1. The summed E-state index contributed by atoms with van der Waals surface area (Å²) in [5.41, 5.74) is 2.12. The zero-order chi connectivity index (χ0) is 20.5. The average molecular weight is 420 g/mol. The Balaban J connectivity index is 1.32. The van der Waals surface area contributed by atoms with Gasteiger partial charge in [0.05, 0.1) is 16.8 Å². The Kier molecular flexibility index (Phi) is 4.88. The van der Waals surface area contributed by atoms with E-state index in [4.69, 9.17) is 4.42 Å². The van der Waals surface area contributed by atoms with Crippen molar-refractivity contribution in [1.82, 2.24) is 14.4 Å². The van der Waals surface area contributed by atoms with Gasteiger partial charge in [0.15, 0.2) is 5.76 Å². The number of hydrogen-bond acceptors (Lipinski definition) is 4. The fourth-order valence-corrected chi connectivity index (χ4v) is 4.71. The summed E-state index contributed by atoms with van der Waals surface area (Å²) in [5.74, 6) is 0.289. The molecular formula is C23H21N3O3S. The maximum absolute atomic E-state index is 13.1. The average Bonchev–Trinajstić information content (AvgIpc) is 3.54. The standard InChI is InChI=1S/C23H21N3O3S/c27-22(24-9-11-25(12-10-24)23(28)20-7-3-13-29-20)16-26-18-6-2-1-5-17(18)15-19(26)21-8-4-14-30-21/h1-8,13-15H,9-12,16H2. The van der Waals surface area contributed by atoms with E-state index in [1.54, 1.807) is 28.4 Å². The van der Waals surface area contributed by atoms with Crippen LogP contribution in [0.1, 0.15) is 10.6 Å². The molecule has 4 heterocycles. The molecule has 1 saturated heterocycles. The molecule has 152 valence electrons. The number of benzene rings is 1. The summed E-state index contributed by atoms with van der Waals surface area (Å²) >= 11 is 1.67. The Bertz CT molecular complexity index is 1170. The third-order valence-corrected chi connectivity index (χ3v) is 6.42. The van der Waals surface area contributed by atoms with Crippen LogP contribution in [0, 0.1) is 0 Å². The van der Waals surface area contributed by atoms with Crippen LogP contribution in [0.5, 0.6) is 0 Å². The second-order valence-electron chi connectivity index (χ2n) is 7.30. The fraction of sp³-hybridized carbons (Fsp3) is 0.217. The fourth-order valence-electron chi connectivity index (χ4n) is 3.96. The predicted molar refractivity (Wildman–Crippen MR) is 116 cm³/mol. The van der Waals surface area contributed by atoms with E-state index in [9.17, 15) is 9.59 Å². The monoisotopic (exact) mass is 419 g/mol. The van der Waals surface area contributed by atoms with Crippen LogP contribution in [0.4, 0.5) is 0 Å². The number of amides is 2.